The first-order valence-corrected chi connectivity index (χ1v) is 8.95. The van der Waals surface area contributed by atoms with Crippen LogP contribution >= 0.6 is 0 Å². The molecule has 0 fully saturated rings. The third-order valence-corrected chi connectivity index (χ3v) is 4.77. The fourth-order valence-electron chi connectivity index (χ4n) is 3.37. The maximum Gasteiger partial charge on any atom is 0.131 e. The molecule has 3 aromatic rings. The number of aromatic nitrogens is 4. The van der Waals surface area contributed by atoms with E-state index >= 15 is 0 Å². The van der Waals surface area contributed by atoms with Crippen LogP contribution in [0.15, 0.2) is 36.7 Å². The minimum absolute atomic E-state index is 0.243. The van der Waals surface area contributed by atoms with E-state index < -0.39 is 0 Å². The van der Waals surface area contributed by atoms with E-state index in [0.717, 1.165) is 54.4 Å². The van der Waals surface area contributed by atoms with Gasteiger partial charge in [0.25, 0.3) is 0 Å². The molecule has 1 aromatic carbocycles. The number of hydrogen-bond donors (Lipinski definition) is 1. The highest BCUT2D eigenvalue weighted by Crippen LogP contribution is 2.25. The lowest BCUT2D eigenvalue weighted by atomic mass is 10.0. The molecule has 1 aliphatic heterocycles. The summed E-state index contributed by atoms with van der Waals surface area (Å²) in [4.78, 5) is 11.6. The lowest BCUT2D eigenvalue weighted by molar-refractivity contribution is 0.243. The van der Waals surface area contributed by atoms with Crippen molar-refractivity contribution in [3.05, 3.63) is 65.1 Å². The van der Waals surface area contributed by atoms with E-state index in [1.165, 1.54) is 17.7 Å². The third-order valence-electron chi connectivity index (χ3n) is 4.77. The number of nitrogens with zero attached hydrogens (tertiary/aromatic N) is 4. The van der Waals surface area contributed by atoms with E-state index in [9.17, 15) is 4.39 Å². The normalized spacial score (nSPS) is 14.6. The van der Waals surface area contributed by atoms with Crippen molar-refractivity contribution in [1.82, 2.24) is 25.1 Å². The van der Waals surface area contributed by atoms with Crippen molar-refractivity contribution in [2.75, 3.05) is 6.54 Å². The first kappa shape index (κ1) is 16.8. The van der Waals surface area contributed by atoms with Crippen LogP contribution in [0.25, 0.3) is 11.3 Å². The van der Waals surface area contributed by atoms with Crippen molar-refractivity contribution in [3.63, 3.8) is 0 Å². The molecule has 0 atom stereocenters. The van der Waals surface area contributed by atoms with Gasteiger partial charge in [-0.25, -0.2) is 14.4 Å². The molecule has 0 bridgehead atoms. The summed E-state index contributed by atoms with van der Waals surface area (Å²) in [5.74, 6) is 1.02. The van der Waals surface area contributed by atoms with Crippen LogP contribution in [0.1, 0.15) is 42.4 Å². The van der Waals surface area contributed by atoms with Gasteiger partial charge in [-0.15, -0.1) is 0 Å². The van der Waals surface area contributed by atoms with Gasteiger partial charge >= 0.3 is 0 Å². The molecule has 0 saturated carbocycles. The standard InChI is InChI=1S/C20H22FN5/c1-13(2)20-22-9-15-11-26(7-6-18(15)24-20)12-16-10-23-25-19(16)14-4-3-5-17(21)8-14/h3-5,8-10,13H,6-7,11-12H2,1-2H3,(H,23,25). The summed E-state index contributed by atoms with van der Waals surface area (Å²) < 4.78 is 13.5. The smallest absolute Gasteiger partial charge is 0.131 e. The van der Waals surface area contributed by atoms with Gasteiger partial charge in [0.2, 0.25) is 0 Å². The summed E-state index contributed by atoms with van der Waals surface area (Å²) in [5, 5.41) is 7.18. The van der Waals surface area contributed by atoms with Crippen molar-refractivity contribution in [2.45, 2.75) is 39.3 Å². The number of nitrogens with one attached hydrogen (secondary N) is 1. The summed E-state index contributed by atoms with van der Waals surface area (Å²) in [6.07, 6.45) is 4.71. The van der Waals surface area contributed by atoms with Gasteiger partial charge in [0.05, 0.1) is 11.9 Å². The van der Waals surface area contributed by atoms with Gasteiger partial charge in [0.15, 0.2) is 0 Å². The maximum absolute atomic E-state index is 13.5. The Morgan fingerprint density at radius 1 is 1.27 bits per heavy atom. The van der Waals surface area contributed by atoms with Gasteiger partial charge in [0.1, 0.15) is 11.6 Å². The molecule has 1 aliphatic rings. The van der Waals surface area contributed by atoms with Crippen molar-refractivity contribution >= 4 is 0 Å². The fraction of sp³-hybridized carbons (Fsp3) is 0.350. The molecule has 0 unspecified atom stereocenters. The Labute approximate surface area is 152 Å². The first-order chi connectivity index (χ1) is 12.6. The van der Waals surface area contributed by atoms with Crippen LogP contribution in [0.5, 0.6) is 0 Å². The Hall–Kier alpha value is -2.60. The predicted molar refractivity (Wildman–Crippen MR) is 97.9 cm³/mol. The fourth-order valence-corrected chi connectivity index (χ4v) is 3.37. The number of hydrogen-bond acceptors (Lipinski definition) is 4. The number of fused-ring (bicyclic) bond motifs is 1. The lowest BCUT2D eigenvalue weighted by Gasteiger charge is -2.28. The summed E-state index contributed by atoms with van der Waals surface area (Å²) in [6, 6.07) is 6.60. The summed E-state index contributed by atoms with van der Waals surface area (Å²) >= 11 is 0. The molecule has 3 heterocycles. The Bertz CT molecular complexity index is 918. The molecule has 0 amide bonds. The van der Waals surface area contributed by atoms with Gasteiger partial charge in [0, 0.05) is 60.6 Å². The Kier molecular flexibility index (Phi) is 4.51. The lowest BCUT2D eigenvalue weighted by Crippen LogP contribution is -2.31. The molecule has 0 saturated heterocycles. The van der Waals surface area contributed by atoms with Crippen molar-refractivity contribution < 1.29 is 4.39 Å². The topological polar surface area (TPSA) is 57.7 Å². The van der Waals surface area contributed by atoms with E-state index in [1.807, 2.05) is 18.5 Å². The maximum atomic E-state index is 13.5. The predicted octanol–water partition coefficient (Wildman–Crippen LogP) is 3.69. The molecule has 5 nitrogen and oxygen atoms in total. The van der Waals surface area contributed by atoms with E-state index in [-0.39, 0.29) is 5.82 Å². The van der Waals surface area contributed by atoms with Gasteiger partial charge in [-0.1, -0.05) is 26.0 Å². The van der Waals surface area contributed by atoms with E-state index in [2.05, 4.69) is 33.9 Å². The van der Waals surface area contributed by atoms with Crippen LogP contribution in [0.4, 0.5) is 4.39 Å². The molecule has 0 aliphatic carbocycles. The van der Waals surface area contributed by atoms with E-state index in [1.54, 1.807) is 6.07 Å². The molecule has 134 valence electrons. The molecular weight excluding hydrogens is 329 g/mol. The summed E-state index contributed by atoms with van der Waals surface area (Å²) in [7, 11) is 0. The average molecular weight is 351 g/mol. The van der Waals surface area contributed by atoms with Crippen LogP contribution in [0, 0.1) is 5.82 Å². The molecular formula is C20H22FN5. The molecule has 26 heavy (non-hydrogen) atoms. The molecule has 6 heteroatoms. The second-order valence-electron chi connectivity index (χ2n) is 7.10. The van der Waals surface area contributed by atoms with Gasteiger partial charge in [-0.2, -0.15) is 5.10 Å². The quantitative estimate of drug-likeness (QED) is 0.779. The molecule has 0 radical (unpaired) electrons. The number of benzene rings is 1. The number of H-pyrrole nitrogens is 1. The van der Waals surface area contributed by atoms with Crippen LogP contribution in [0.3, 0.4) is 0 Å². The summed E-state index contributed by atoms with van der Waals surface area (Å²) in [6.45, 7) is 6.75. The van der Waals surface area contributed by atoms with Gasteiger partial charge in [-0.3, -0.25) is 10.00 Å². The second-order valence-corrected chi connectivity index (χ2v) is 7.10. The SMILES string of the molecule is CC(C)c1ncc2c(n1)CCN(Cc1cn[nH]c1-c1cccc(F)c1)C2. The third kappa shape index (κ3) is 3.37. The van der Waals surface area contributed by atoms with E-state index in [4.69, 9.17) is 4.98 Å². The van der Waals surface area contributed by atoms with Gasteiger partial charge in [-0.05, 0) is 12.1 Å². The minimum atomic E-state index is -0.243. The molecule has 2 aromatic heterocycles. The van der Waals surface area contributed by atoms with Crippen LogP contribution in [-0.4, -0.2) is 31.6 Å². The van der Waals surface area contributed by atoms with Crippen molar-refractivity contribution in [2.24, 2.45) is 0 Å². The average Bonchev–Trinajstić information content (AvgIpc) is 3.09. The van der Waals surface area contributed by atoms with Gasteiger partial charge < -0.3 is 0 Å². The van der Waals surface area contributed by atoms with Crippen LogP contribution in [0.2, 0.25) is 0 Å². The van der Waals surface area contributed by atoms with Crippen molar-refractivity contribution in [1.29, 1.82) is 0 Å². The summed E-state index contributed by atoms with van der Waals surface area (Å²) in [5.41, 5.74) is 5.12. The molecule has 1 N–H and O–H groups in total. The first-order valence-electron chi connectivity index (χ1n) is 8.95. The highest BCUT2D eigenvalue weighted by atomic mass is 19.1. The van der Waals surface area contributed by atoms with E-state index in [0.29, 0.717) is 5.92 Å². The largest absolute Gasteiger partial charge is 0.294 e. The second kappa shape index (κ2) is 6.96. The monoisotopic (exact) mass is 351 g/mol. The molecule has 0 spiro atoms. The van der Waals surface area contributed by atoms with Crippen LogP contribution in [-0.2, 0) is 19.5 Å². The van der Waals surface area contributed by atoms with Crippen molar-refractivity contribution in [3.8, 4) is 11.3 Å². The van der Waals surface area contributed by atoms with Crippen LogP contribution < -0.4 is 0 Å². The Morgan fingerprint density at radius 2 is 2.15 bits per heavy atom. The number of halogens is 1. The Morgan fingerprint density at radius 3 is 2.96 bits per heavy atom. The number of aromatic amines is 1. The zero-order valence-corrected chi connectivity index (χ0v) is 15.0. The zero-order chi connectivity index (χ0) is 18.1. The Balaban J connectivity index is 1.52. The number of rotatable bonds is 4. The zero-order valence-electron chi connectivity index (χ0n) is 15.0. The highest BCUT2D eigenvalue weighted by molar-refractivity contribution is 5.62. The molecule has 4 rings (SSSR count). The minimum Gasteiger partial charge on any atom is -0.294 e. The highest BCUT2D eigenvalue weighted by Gasteiger charge is 2.21.